The summed E-state index contributed by atoms with van der Waals surface area (Å²) in [6, 6.07) is 8.93. The van der Waals surface area contributed by atoms with Gasteiger partial charge in [-0.15, -0.1) is 0 Å². The summed E-state index contributed by atoms with van der Waals surface area (Å²) in [5.41, 5.74) is 3.48. The first-order valence-corrected chi connectivity index (χ1v) is 11.0. The molecule has 0 bridgehead atoms. The standard InChI is InChI=1S/C9H7.C8H18P.3ClH.V/c1-2-5-9-7-3-6-8(9)4-1;1-8(2,3)6-7-9(4)5;;;;/h1-7H;6H,7H2,1-5H3;3*1H;/q;;;;;+3/p-3. The second-order valence-electron chi connectivity index (χ2n) is 6.73. The third kappa shape index (κ3) is 6.76. The Kier molecular flexibility index (Phi) is 12.2. The van der Waals surface area contributed by atoms with Crippen LogP contribution in [0.15, 0.2) is 30.3 Å². The van der Waals surface area contributed by atoms with Crippen LogP contribution >= 0.6 is 7.92 Å². The first-order chi connectivity index (χ1) is 8.88. The van der Waals surface area contributed by atoms with Crippen molar-refractivity contribution in [3.8, 4) is 0 Å². The molecular weight excluding hydrogens is 392 g/mol. The number of rotatable bonds is 4. The minimum absolute atomic E-state index is 0. The van der Waals surface area contributed by atoms with E-state index in [-0.39, 0.29) is 45.1 Å². The Labute approximate surface area is 163 Å². The van der Waals surface area contributed by atoms with Gasteiger partial charge in [0.1, 0.15) is 0 Å². The molecule has 1 aromatic rings. The Hall–Kier alpha value is 0.844. The summed E-state index contributed by atoms with van der Waals surface area (Å²) in [5, 5.41) is 0. The Morgan fingerprint density at radius 1 is 1.09 bits per heavy atom. The quantitative estimate of drug-likeness (QED) is 0.445. The SMILES string of the molecule is CP(C)C[CH]([V+3][CH]1C=Cc2ccccc21)C(C)(C)C.[Cl-].[Cl-].[Cl-]. The maximum absolute atomic E-state index is 2.46. The van der Waals surface area contributed by atoms with Gasteiger partial charge in [-0.2, -0.15) is 0 Å². The largest absolute Gasteiger partial charge is 1.00 e. The number of benzene rings is 1. The number of fused-ring (bicyclic) bond motifs is 1. The smallest absolute Gasteiger partial charge is 1.00 e. The van der Waals surface area contributed by atoms with Gasteiger partial charge in [-0.3, -0.25) is 0 Å². The van der Waals surface area contributed by atoms with Crippen LogP contribution in [0.2, 0.25) is 4.63 Å². The maximum Gasteiger partial charge on any atom is -1.00 e. The molecule has 0 aliphatic heterocycles. The second kappa shape index (κ2) is 10.7. The van der Waals surface area contributed by atoms with Crippen molar-refractivity contribution < 1.29 is 53.5 Å². The van der Waals surface area contributed by atoms with Gasteiger partial charge in [-0.05, 0) is 0 Å². The van der Waals surface area contributed by atoms with Crippen molar-refractivity contribution in [1.29, 1.82) is 0 Å². The van der Waals surface area contributed by atoms with Crippen LogP contribution in [0.4, 0.5) is 0 Å². The van der Waals surface area contributed by atoms with Crippen LogP contribution < -0.4 is 37.2 Å². The zero-order chi connectivity index (χ0) is 14.0. The normalized spacial score (nSPS) is 16.7. The van der Waals surface area contributed by atoms with E-state index >= 15 is 0 Å². The van der Waals surface area contributed by atoms with Crippen LogP contribution in [0.1, 0.15) is 36.5 Å². The van der Waals surface area contributed by atoms with Crippen molar-refractivity contribution >= 4 is 14.0 Å². The van der Waals surface area contributed by atoms with E-state index in [9.17, 15) is 0 Å². The van der Waals surface area contributed by atoms with Gasteiger partial charge >= 0.3 is 127 Å². The van der Waals surface area contributed by atoms with Gasteiger partial charge < -0.3 is 37.2 Å². The molecule has 0 nitrogen and oxygen atoms in total. The van der Waals surface area contributed by atoms with E-state index in [4.69, 9.17) is 0 Å². The van der Waals surface area contributed by atoms with E-state index < -0.39 is 0 Å². The fraction of sp³-hybridized carbons (Fsp3) is 0.529. The summed E-state index contributed by atoms with van der Waals surface area (Å²) in [5.74, 6) is 0. The molecule has 0 heterocycles. The molecule has 0 amide bonds. The predicted octanol–water partition coefficient (Wildman–Crippen LogP) is -3.57. The summed E-state index contributed by atoms with van der Waals surface area (Å²) >= 11 is 0.339. The van der Waals surface area contributed by atoms with Crippen LogP contribution in [0.25, 0.3) is 6.08 Å². The third-order valence-corrected chi connectivity index (χ3v) is 8.47. The minimum Gasteiger partial charge on any atom is -1.00 e. The molecule has 124 valence electrons. The fourth-order valence-electron chi connectivity index (χ4n) is 2.44. The number of halogens is 3. The van der Waals surface area contributed by atoms with Crippen molar-refractivity contribution in [2.24, 2.45) is 5.41 Å². The van der Waals surface area contributed by atoms with Crippen LogP contribution in [-0.4, -0.2) is 19.5 Å². The summed E-state index contributed by atoms with van der Waals surface area (Å²) < 4.78 is 1.64. The summed E-state index contributed by atoms with van der Waals surface area (Å²) in [7, 11) is 0.208. The van der Waals surface area contributed by atoms with Crippen LogP contribution in [0.3, 0.4) is 0 Å². The molecule has 1 aliphatic carbocycles. The van der Waals surface area contributed by atoms with Crippen molar-refractivity contribution in [3.63, 3.8) is 0 Å². The summed E-state index contributed by atoms with van der Waals surface area (Å²) in [6.07, 6.45) is 6.22. The molecule has 2 rings (SSSR count). The van der Waals surface area contributed by atoms with Gasteiger partial charge in [-0.1, -0.05) is 0 Å². The summed E-state index contributed by atoms with van der Waals surface area (Å²) in [6.45, 7) is 12.1. The zero-order valence-corrected chi connectivity index (χ0v) is 18.4. The van der Waals surface area contributed by atoms with Gasteiger partial charge in [0.25, 0.3) is 0 Å². The number of hydrogen-bond acceptors (Lipinski definition) is 0. The van der Waals surface area contributed by atoms with Crippen LogP contribution in [0, 0.1) is 5.41 Å². The van der Waals surface area contributed by atoms with Crippen molar-refractivity contribution in [1.82, 2.24) is 0 Å². The molecule has 0 saturated heterocycles. The van der Waals surface area contributed by atoms with Crippen molar-refractivity contribution in [3.05, 3.63) is 41.5 Å². The van der Waals surface area contributed by atoms with Gasteiger partial charge in [0.05, 0.1) is 0 Å². The molecule has 0 saturated carbocycles. The third-order valence-electron chi connectivity index (χ3n) is 3.65. The maximum atomic E-state index is 2.46. The van der Waals surface area contributed by atoms with Gasteiger partial charge in [0, 0.05) is 0 Å². The minimum atomic E-state index is 0. The Bertz CT molecular complexity index is 469. The predicted molar refractivity (Wildman–Crippen MR) is 85.1 cm³/mol. The molecule has 1 aliphatic rings. The monoisotopic (exact) mass is 416 g/mol. The molecule has 0 spiro atoms. The molecule has 5 heteroatoms. The molecule has 2 atom stereocenters. The second-order valence-corrected chi connectivity index (χ2v) is 11.6. The average molecular weight is 418 g/mol. The number of hydrogen-bond donors (Lipinski definition) is 0. The molecule has 22 heavy (non-hydrogen) atoms. The first kappa shape index (κ1) is 25.1. The van der Waals surface area contributed by atoms with E-state index in [1.165, 1.54) is 11.7 Å². The van der Waals surface area contributed by atoms with Gasteiger partial charge in [0.2, 0.25) is 0 Å². The molecule has 0 fully saturated rings. The van der Waals surface area contributed by atoms with E-state index in [1.807, 2.05) is 0 Å². The van der Waals surface area contributed by atoms with E-state index in [2.05, 4.69) is 70.5 Å². The van der Waals surface area contributed by atoms with E-state index in [0.717, 1.165) is 9.26 Å². The summed E-state index contributed by atoms with van der Waals surface area (Å²) in [4.78, 5) is 0. The average Bonchev–Trinajstić information content (AvgIpc) is 2.70. The molecule has 2 unspecified atom stereocenters. The topological polar surface area (TPSA) is 0 Å². The van der Waals surface area contributed by atoms with E-state index in [1.54, 1.807) is 5.56 Å². The molecule has 1 aromatic carbocycles. The van der Waals surface area contributed by atoms with E-state index in [0.29, 0.717) is 21.7 Å². The van der Waals surface area contributed by atoms with Gasteiger partial charge in [-0.25, -0.2) is 0 Å². The van der Waals surface area contributed by atoms with Crippen molar-refractivity contribution in [2.75, 3.05) is 19.5 Å². The Balaban J connectivity index is 0. The molecule has 0 aromatic heterocycles. The zero-order valence-electron chi connectivity index (χ0n) is 13.9. The fourth-order valence-corrected chi connectivity index (χ4v) is 7.96. The molecule has 0 N–H and O–H groups in total. The Morgan fingerprint density at radius 2 is 1.68 bits per heavy atom. The van der Waals surface area contributed by atoms with Crippen LogP contribution in [-0.2, 0) is 16.3 Å². The van der Waals surface area contributed by atoms with Crippen molar-refractivity contribution in [2.45, 2.75) is 30.0 Å². The van der Waals surface area contributed by atoms with Gasteiger partial charge in [0.15, 0.2) is 0 Å². The number of allylic oxidation sites excluding steroid dienone is 1. The Morgan fingerprint density at radius 3 is 2.23 bits per heavy atom. The molecule has 0 radical (unpaired) electrons. The van der Waals surface area contributed by atoms with Crippen LogP contribution in [0.5, 0.6) is 0 Å². The molecular formula is C17H25Cl3PV. The first-order valence-electron chi connectivity index (χ1n) is 7.00.